The van der Waals surface area contributed by atoms with Crippen molar-refractivity contribution < 1.29 is 0 Å². The van der Waals surface area contributed by atoms with Crippen molar-refractivity contribution in [2.75, 3.05) is 6.54 Å². The first-order chi connectivity index (χ1) is 4.31. The number of hydrogen-bond donors (Lipinski definition) is 1. The molecule has 10 heavy (non-hydrogen) atoms. The molecule has 0 aliphatic carbocycles. The van der Waals surface area contributed by atoms with E-state index in [9.17, 15) is 0 Å². The van der Waals surface area contributed by atoms with Gasteiger partial charge in [0.05, 0.1) is 0 Å². The Morgan fingerprint density at radius 1 is 1.30 bits per heavy atom. The summed E-state index contributed by atoms with van der Waals surface area (Å²) in [6.45, 7) is 5.30. The van der Waals surface area contributed by atoms with Crippen LogP contribution in [0.3, 0.4) is 0 Å². The zero-order chi connectivity index (χ0) is 7.11. The lowest BCUT2D eigenvalue weighted by Crippen LogP contribution is -2.10. The first kappa shape index (κ1) is 12.9. The van der Waals surface area contributed by atoms with E-state index >= 15 is 0 Å². The minimum atomic E-state index is 0. The van der Waals surface area contributed by atoms with Crippen LogP contribution in [0.5, 0.6) is 0 Å². The van der Waals surface area contributed by atoms with Crippen molar-refractivity contribution in [2.45, 2.75) is 39.5 Å². The maximum atomic E-state index is 5.45. The lowest BCUT2D eigenvalue weighted by Gasteiger charge is -2.05. The van der Waals surface area contributed by atoms with E-state index in [1.807, 2.05) is 0 Å². The highest BCUT2D eigenvalue weighted by Crippen LogP contribution is 2.06. The Morgan fingerprint density at radius 3 is 2.30 bits per heavy atom. The van der Waals surface area contributed by atoms with Gasteiger partial charge in [-0.25, -0.2) is 0 Å². The van der Waals surface area contributed by atoms with Crippen molar-refractivity contribution in [3.63, 3.8) is 0 Å². The van der Waals surface area contributed by atoms with Crippen molar-refractivity contribution in [1.29, 1.82) is 0 Å². The number of nitrogens with two attached hydrogens (primary N) is 1. The standard InChI is InChI=1S/C8H19N.ClH/c1-3-4-5-6-8(2)7-9;/h8H,3-7,9H2,1-2H3;1H. The summed E-state index contributed by atoms with van der Waals surface area (Å²) in [6.07, 6.45) is 5.35. The highest BCUT2D eigenvalue weighted by Gasteiger charge is 1.96. The van der Waals surface area contributed by atoms with Gasteiger partial charge in [0.15, 0.2) is 0 Å². The van der Waals surface area contributed by atoms with E-state index in [0.717, 1.165) is 12.5 Å². The summed E-state index contributed by atoms with van der Waals surface area (Å²) in [7, 11) is 0. The maximum absolute atomic E-state index is 5.45. The summed E-state index contributed by atoms with van der Waals surface area (Å²) in [5.74, 6) is 0.733. The first-order valence-corrected chi connectivity index (χ1v) is 4.01. The number of rotatable bonds is 5. The van der Waals surface area contributed by atoms with Gasteiger partial charge in [0.1, 0.15) is 0 Å². The normalized spacial score (nSPS) is 12.3. The largest absolute Gasteiger partial charge is 0.330 e. The Balaban J connectivity index is 0. The zero-order valence-corrected chi connectivity index (χ0v) is 7.91. The topological polar surface area (TPSA) is 26.0 Å². The third kappa shape index (κ3) is 8.25. The second-order valence-electron chi connectivity index (χ2n) is 2.84. The van der Waals surface area contributed by atoms with Gasteiger partial charge in [-0.3, -0.25) is 0 Å². The van der Waals surface area contributed by atoms with Gasteiger partial charge in [-0.2, -0.15) is 0 Å². The predicted molar refractivity (Wildman–Crippen MR) is 49.6 cm³/mol. The maximum Gasteiger partial charge on any atom is -0.00515 e. The summed E-state index contributed by atoms with van der Waals surface area (Å²) >= 11 is 0. The van der Waals surface area contributed by atoms with Gasteiger partial charge in [0.25, 0.3) is 0 Å². The molecule has 2 heteroatoms. The smallest absolute Gasteiger partial charge is 0.00515 e. The molecule has 0 bridgehead atoms. The van der Waals surface area contributed by atoms with E-state index in [4.69, 9.17) is 5.73 Å². The van der Waals surface area contributed by atoms with Gasteiger partial charge in [-0.05, 0) is 18.9 Å². The van der Waals surface area contributed by atoms with E-state index in [1.54, 1.807) is 0 Å². The van der Waals surface area contributed by atoms with Crippen LogP contribution in [0.15, 0.2) is 0 Å². The van der Waals surface area contributed by atoms with Gasteiger partial charge in [0.2, 0.25) is 0 Å². The average molecular weight is 166 g/mol. The quantitative estimate of drug-likeness (QED) is 0.623. The van der Waals surface area contributed by atoms with E-state index in [2.05, 4.69) is 13.8 Å². The van der Waals surface area contributed by atoms with E-state index in [1.165, 1.54) is 25.7 Å². The van der Waals surface area contributed by atoms with Crippen LogP contribution in [-0.2, 0) is 0 Å². The molecule has 0 aliphatic rings. The second-order valence-corrected chi connectivity index (χ2v) is 2.84. The number of hydrogen-bond acceptors (Lipinski definition) is 1. The van der Waals surface area contributed by atoms with Gasteiger partial charge >= 0.3 is 0 Å². The molecule has 0 saturated heterocycles. The average Bonchev–Trinajstić information content (AvgIpc) is 1.89. The Morgan fingerprint density at radius 2 is 1.90 bits per heavy atom. The van der Waals surface area contributed by atoms with Crippen LogP contribution < -0.4 is 5.73 Å². The number of halogens is 1. The van der Waals surface area contributed by atoms with Crippen LogP contribution in [0, 0.1) is 5.92 Å². The third-order valence-electron chi connectivity index (χ3n) is 1.70. The van der Waals surface area contributed by atoms with Crippen molar-refractivity contribution in [2.24, 2.45) is 11.7 Å². The summed E-state index contributed by atoms with van der Waals surface area (Å²) in [5.41, 5.74) is 5.45. The summed E-state index contributed by atoms with van der Waals surface area (Å²) in [5, 5.41) is 0. The fourth-order valence-corrected chi connectivity index (χ4v) is 0.861. The molecule has 0 spiro atoms. The van der Waals surface area contributed by atoms with Gasteiger partial charge < -0.3 is 5.73 Å². The van der Waals surface area contributed by atoms with Crippen LogP contribution in [0.1, 0.15) is 39.5 Å². The molecule has 0 aliphatic heterocycles. The summed E-state index contributed by atoms with van der Waals surface area (Å²) in [4.78, 5) is 0. The SMILES string of the molecule is CCCCCC(C)CN.Cl. The lowest BCUT2D eigenvalue weighted by atomic mass is 10.0. The molecule has 0 radical (unpaired) electrons. The molecule has 0 heterocycles. The molecule has 64 valence electrons. The van der Waals surface area contributed by atoms with Crippen LogP contribution in [0.4, 0.5) is 0 Å². The Hall–Kier alpha value is 0.250. The molecule has 0 fully saturated rings. The minimum Gasteiger partial charge on any atom is -0.330 e. The molecule has 0 aromatic rings. The molecule has 1 atom stereocenters. The van der Waals surface area contributed by atoms with Crippen LogP contribution in [-0.4, -0.2) is 6.54 Å². The molecule has 1 nitrogen and oxygen atoms in total. The Bertz CT molecular complexity index is 57.2. The zero-order valence-electron chi connectivity index (χ0n) is 7.10. The molecule has 0 amide bonds. The van der Waals surface area contributed by atoms with Gasteiger partial charge in [-0.15, -0.1) is 12.4 Å². The van der Waals surface area contributed by atoms with E-state index < -0.39 is 0 Å². The van der Waals surface area contributed by atoms with E-state index in [-0.39, 0.29) is 12.4 Å². The van der Waals surface area contributed by atoms with Gasteiger partial charge in [0, 0.05) is 0 Å². The van der Waals surface area contributed by atoms with Crippen molar-refractivity contribution in [3.05, 3.63) is 0 Å². The van der Waals surface area contributed by atoms with Crippen molar-refractivity contribution in [3.8, 4) is 0 Å². The van der Waals surface area contributed by atoms with Crippen molar-refractivity contribution >= 4 is 12.4 Å². The molecule has 0 aromatic heterocycles. The molecule has 2 N–H and O–H groups in total. The highest BCUT2D eigenvalue weighted by atomic mass is 35.5. The number of unbranched alkanes of at least 4 members (excludes halogenated alkanes) is 2. The predicted octanol–water partition coefficient (Wildman–Crippen LogP) is 2.58. The minimum absolute atomic E-state index is 0. The third-order valence-corrected chi connectivity index (χ3v) is 1.70. The Labute approximate surface area is 70.8 Å². The molecule has 1 unspecified atom stereocenters. The van der Waals surface area contributed by atoms with E-state index in [0.29, 0.717) is 0 Å². The Kier molecular flexibility index (Phi) is 11.9. The summed E-state index contributed by atoms with van der Waals surface area (Å²) in [6, 6.07) is 0. The van der Waals surface area contributed by atoms with Gasteiger partial charge in [-0.1, -0.05) is 33.1 Å². The first-order valence-electron chi connectivity index (χ1n) is 4.01. The lowest BCUT2D eigenvalue weighted by molar-refractivity contribution is 0.505. The van der Waals surface area contributed by atoms with Crippen LogP contribution in [0.2, 0.25) is 0 Å². The molecular formula is C8H20ClN. The van der Waals surface area contributed by atoms with Crippen molar-refractivity contribution in [1.82, 2.24) is 0 Å². The highest BCUT2D eigenvalue weighted by molar-refractivity contribution is 5.85. The van der Waals surface area contributed by atoms with Crippen LogP contribution in [0.25, 0.3) is 0 Å². The monoisotopic (exact) mass is 165 g/mol. The summed E-state index contributed by atoms with van der Waals surface area (Å²) < 4.78 is 0. The molecular weight excluding hydrogens is 146 g/mol. The molecule has 0 saturated carbocycles. The molecule has 0 aromatic carbocycles. The fourth-order valence-electron chi connectivity index (χ4n) is 0.861. The van der Waals surface area contributed by atoms with Crippen LogP contribution >= 0.6 is 12.4 Å². The second kappa shape index (κ2) is 9.25. The molecule has 0 rings (SSSR count). The fraction of sp³-hybridized carbons (Fsp3) is 1.00.